The molecular formula is C20H16FNO5. The van der Waals surface area contributed by atoms with Crippen molar-refractivity contribution in [3.63, 3.8) is 0 Å². The third kappa shape index (κ3) is 3.82. The van der Waals surface area contributed by atoms with Crippen LogP contribution in [0.2, 0.25) is 0 Å². The van der Waals surface area contributed by atoms with E-state index < -0.39 is 24.3 Å². The molecule has 138 valence electrons. The number of anilines is 1. The Kier molecular flexibility index (Phi) is 4.94. The first-order valence-corrected chi connectivity index (χ1v) is 8.03. The average Bonchev–Trinajstić information content (AvgIpc) is 2.65. The zero-order chi connectivity index (χ0) is 19.6. The molecule has 0 fully saturated rings. The molecule has 0 radical (unpaired) electrons. The monoisotopic (exact) mass is 369 g/mol. The van der Waals surface area contributed by atoms with Crippen LogP contribution in [0.25, 0.3) is 10.8 Å². The van der Waals surface area contributed by atoms with E-state index in [0.29, 0.717) is 10.9 Å². The Morgan fingerprint density at radius 2 is 1.78 bits per heavy atom. The Morgan fingerprint density at radius 1 is 1.07 bits per heavy atom. The third-order valence-electron chi connectivity index (χ3n) is 3.95. The number of phenolic OH excluding ortho intramolecular Hbond substituents is 2. The first-order chi connectivity index (χ1) is 12.9. The molecule has 3 rings (SSSR count). The number of halogens is 1. The number of esters is 1. The minimum Gasteiger partial charge on any atom is -0.507 e. The van der Waals surface area contributed by atoms with Gasteiger partial charge in [-0.1, -0.05) is 30.3 Å². The molecule has 0 aliphatic rings. The van der Waals surface area contributed by atoms with Gasteiger partial charge in [0.25, 0.3) is 5.91 Å². The Morgan fingerprint density at radius 3 is 2.48 bits per heavy atom. The number of hydrogen-bond acceptors (Lipinski definition) is 5. The first kappa shape index (κ1) is 18.2. The number of nitrogens with one attached hydrogen (secondary N) is 1. The van der Waals surface area contributed by atoms with Crippen LogP contribution >= 0.6 is 0 Å². The van der Waals surface area contributed by atoms with Gasteiger partial charge >= 0.3 is 5.97 Å². The maximum absolute atomic E-state index is 13.7. The number of phenols is 2. The van der Waals surface area contributed by atoms with Crippen molar-refractivity contribution in [2.45, 2.75) is 6.92 Å². The maximum atomic E-state index is 13.7. The minimum atomic E-state index is -0.993. The van der Waals surface area contributed by atoms with E-state index in [-0.39, 0.29) is 28.1 Å². The Hall–Kier alpha value is -3.61. The van der Waals surface area contributed by atoms with Crippen molar-refractivity contribution in [2.75, 3.05) is 11.9 Å². The number of fused-ring (bicyclic) bond motifs is 1. The van der Waals surface area contributed by atoms with Crippen molar-refractivity contribution in [2.24, 2.45) is 0 Å². The molecular weight excluding hydrogens is 353 g/mol. The summed E-state index contributed by atoms with van der Waals surface area (Å²) in [6.07, 6.45) is 0. The zero-order valence-corrected chi connectivity index (χ0v) is 14.3. The second-order valence-electron chi connectivity index (χ2n) is 5.95. The highest BCUT2D eigenvalue weighted by atomic mass is 19.1. The van der Waals surface area contributed by atoms with E-state index in [0.717, 1.165) is 6.07 Å². The highest BCUT2D eigenvalue weighted by Gasteiger charge is 2.19. The molecule has 0 spiro atoms. The van der Waals surface area contributed by atoms with Crippen LogP contribution < -0.4 is 5.32 Å². The van der Waals surface area contributed by atoms with Crippen molar-refractivity contribution in [3.05, 3.63) is 65.5 Å². The summed E-state index contributed by atoms with van der Waals surface area (Å²) in [5.74, 6) is -2.91. The lowest BCUT2D eigenvalue weighted by molar-refractivity contribution is -0.119. The molecule has 0 saturated heterocycles. The van der Waals surface area contributed by atoms with Crippen LogP contribution in [-0.2, 0) is 9.53 Å². The lowest BCUT2D eigenvalue weighted by Crippen LogP contribution is -2.21. The number of hydrogen-bond donors (Lipinski definition) is 3. The van der Waals surface area contributed by atoms with Gasteiger partial charge in [0.05, 0.1) is 5.69 Å². The van der Waals surface area contributed by atoms with E-state index >= 15 is 0 Å². The molecule has 0 saturated carbocycles. The predicted molar refractivity (Wildman–Crippen MR) is 97.3 cm³/mol. The quantitative estimate of drug-likeness (QED) is 0.483. The predicted octanol–water partition coefficient (Wildman–Crippen LogP) is 3.49. The molecule has 3 N–H and O–H groups in total. The molecule has 0 aliphatic heterocycles. The number of amides is 1. The fraction of sp³-hybridized carbons (Fsp3) is 0.100. The summed E-state index contributed by atoms with van der Waals surface area (Å²) in [7, 11) is 0. The van der Waals surface area contributed by atoms with E-state index in [1.54, 1.807) is 31.2 Å². The summed E-state index contributed by atoms with van der Waals surface area (Å²) in [5, 5.41) is 23.2. The molecule has 0 aliphatic carbocycles. The molecule has 0 unspecified atom stereocenters. The summed E-state index contributed by atoms with van der Waals surface area (Å²) >= 11 is 0. The van der Waals surface area contributed by atoms with Crippen molar-refractivity contribution < 1.29 is 28.9 Å². The SMILES string of the molecule is Cc1ccc(NC(=O)COC(=O)c2cc(O)c3ccccc3c2O)c(F)c1. The van der Waals surface area contributed by atoms with Gasteiger partial charge in [-0.25, -0.2) is 9.18 Å². The second kappa shape index (κ2) is 7.33. The summed E-state index contributed by atoms with van der Waals surface area (Å²) in [6, 6.07) is 11.8. The van der Waals surface area contributed by atoms with E-state index in [9.17, 15) is 24.2 Å². The smallest absolute Gasteiger partial charge is 0.342 e. The molecule has 1 amide bonds. The molecule has 3 aromatic carbocycles. The van der Waals surface area contributed by atoms with E-state index in [2.05, 4.69) is 5.32 Å². The number of aryl methyl sites for hydroxylation is 1. The Balaban J connectivity index is 1.71. The van der Waals surface area contributed by atoms with E-state index in [1.807, 2.05) is 0 Å². The number of ether oxygens (including phenoxy) is 1. The van der Waals surface area contributed by atoms with Crippen LogP contribution in [0.15, 0.2) is 48.5 Å². The molecule has 0 atom stereocenters. The number of carbonyl (C=O) groups is 2. The number of carbonyl (C=O) groups excluding carboxylic acids is 2. The summed E-state index contributed by atoms with van der Waals surface area (Å²) < 4.78 is 18.6. The molecule has 7 heteroatoms. The number of benzene rings is 3. The van der Waals surface area contributed by atoms with Crippen LogP contribution in [0.5, 0.6) is 11.5 Å². The standard InChI is InChI=1S/C20H16FNO5/c1-11-6-7-16(15(21)8-11)22-18(24)10-27-20(26)14-9-17(23)12-4-2-3-5-13(12)19(14)25/h2-9,23,25H,10H2,1H3,(H,22,24). The van der Waals surface area contributed by atoms with Crippen molar-refractivity contribution in [3.8, 4) is 11.5 Å². The largest absolute Gasteiger partial charge is 0.507 e. The van der Waals surface area contributed by atoms with Gasteiger partial charge in [-0.3, -0.25) is 4.79 Å². The van der Waals surface area contributed by atoms with Gasteiger partial charge in [-0.05, 0) is 30.7 Å². The van der Waals surface area contributed by atoms with Crippen LogP contribution in [0.3, 0.4) is 0 Å². The average molecular weight is 369 g/mol. The van der Waals surface area contributed by atoms with Gasteiger partial charge in [0.1, 0.15) is 22.9 Å². The lowest BCUT2D eigenvalue weighted by Gasteiger charge is -2.10. The number of aromatic hydroxyl groups is 2. The first-order valence-electron chi connectivity index (χ1n) is 8.03. The van der Waals surface area contributed by atoms with E-state index in [1.165, 1.54) is 18.2 Å². The van der Waals surface area contributed by atoms with Crippen molar-refractivity contribution >= 4 is 28.3 Å². The van der Waals surface area contributed by atoms with Crippen molar-refractivity contribution in [1.29, 1.82) is 0 Å². The summed E-state index contributed by atoms with van der Waals surface area (Å²) in [6.45, 7) is 1.03. The number of rotatable bonds is 4. The maximum Gasteiger partial charge on any atom is 0.342 e. The normalized spacial score (nSPS) is 10.6. The van der Waals surface area contributed by atoms with Gasteiger partial charge < -0.3 is 20.3 Å². The van der Waals surface area contributed by atoms with Gasteiger partial charge in [0.15, 0.2) is 6.61 Å². The minimum absolute atomic E-state index is 0.0344. The van der Waals surface area contributed by atoms with Crippen LogP contribution in [-0.4, -0.2) is 28.7 Å². The molecule has 27 heavy (non-hydrogen) atoms. The van der Waals surface area contributed by atoms with E-state index in [4.69, 9.17) is 4.74 Å². The lowest BCUT2D eigenvalue weighted by atomic mass is 10.0. The molecule has 0 bridgehead atoms. The van der Waals surface area contributed by atoms with Crippen LogP contribution in [0.1, 0.15) is 15.9 Å². The van der Waals surface area contributed by atoms with Crippen LogP contribution in [0, 0.1) is 12.7 Å². The Bertz CT molecular complexity index is 1050. The second-order valence-corrected chi connectivity index (χ2v) is 5.95. The summed E-state index contributed by atoms with van der Waals surface area (Å²) in [4.78, 5) is 24.1. The highest BCUT2D eigenvalue weighted by Crippen LogP contribution is 2.35. The van der Waals surface area contributed by atoms with Gasteiger partial charge in [0, 0.05) is 10.8 Å². The van der Waals surface area contributed by atoms with Crippen molar-refractivity contribution in [1.82, 2.24) is 0 Å². The fourth-order valence-electron chi connectivity index (χ4n) is 2.61. The Labute approximate surface area is 153 Å². The fourth-order valence-corrected chi connectivity index (χ4v) is 2.61. The third-order valence-corrected chi connectivity index (χ3v) is 3.95. The molecule has 6 nitrogen and oxygen atoms in total. The van der Waals surface area contributed by atoms with Gasteiger partial charge in [0.2, 0.25) is 0 Å². The molecule has 3 aromatic rings. The van der Waals surface area contributed by atoms with Crippen LogP contribution in [0.4, 0.5) is 10.1 Å². The topological polar surface area (TPSA) is 95.9 Å². The highest BCUT2D eigenvalue weighted by molar-refractivity contribution is 6.04. The summed E-state index contributed by atoms with van der Waals surface area (Å²) in [5.41, 5.74) is 0.386. The van der Waals surface area contributed by atoms with Gasteiger partial charge in [-0.15, -0.1) is 0 Å². The molecule has 0 aromatic heterocycles. The zero-order valence-electron chi connectivity index (χ0n) is 14.3. The van der Waals surface area contributed by atoms with Gasteiger partial charge in [-0.2, -0.15) is 0 Å². The molecule has 0 heterocycles.